The Bertz CT molecular complexity index is 1410. The minimum absolute atomic E-state index is 0.0356. The van der Waals surface area contributed by atoms with E-state index in [0.717, 1.165) is 60.6 Å². The van der Waals surface area contributed by atoms with Crippen LogP contribution in [0.15, 0.2) is 84.2 Å². The first-order valence-corrected chi connectivity index (χ1v) is 14.7. The molecule has 1 atom stereocenters. The van der Waals surface area contributed by atoms with E-state index in [-0.39, 0.29) is 23.7 Å². The second-order valence-electron chi connectivity index (χ2n) is 10.3. The lowest BCUT2D eigenvalue weighted by atomic mass is 9.94. The van der Waals surface area contributed by atoms with E-state index >= 15 is 0 Å². The SMILES string of the molecule is CCc1ccc(-c2ccccc2NC(=O)c2csc(C3CCN(C(=O)C(C)Cc4ccccc4)CC3)n2)cc1. The molecule has 4 aromatic rings. The minimum Gasteiger partial charge on any atom is -0.342 e. The van der Waals surface area contributed by atoms with Gasteiger partial charge in [0.1, 0.15) is 5.69 Å². The molecule has 2 amide bonds. The third-order valence-electron chi connectivity index (χ3n) is 7.57. The van der Waals surface area contributed by atoms with Crippen LogP contribution in [-0.4, -0.2) is 34.8 Å². The molecule has 39 heavy (non-hydrogen) atoms. The van der Waals surface area contributed by atoms with Crippen molar-refractivity contribution >= 4 is 28.8 Å². The smallest absolute Gasteiger partial charge is 0.275 e. The summed E-state index contributed by atoms with van der Waals surface area (Å²) in [6.07, 6.45) is 3.50. The summed E-state index contributed by atoms with van der Waals surface area (Å²) in [6, 6.07) is 26.5. The second-order valence-corrected chi connectivity index (χ2v) is 11.2. The van der Waals surface area contributed by atoms with Crippen LogP contribution < -0.4 is 5.32 Å². The van der Waals surface area contributed by atoms with Gasteiger partial charge in [-0.15, -0.1) is 11.3 Å². The predicted octanol–water partition coefficient (Wildman–Crippen LogP) is 7.21. The summed E-state index contributed by atoms with van der Waals surface area (Å²) in [5, 5.41) is 5.91. The van der Waals surface area contributed by atoms with E-state index in [0.29, 0.717) is 5.69 Å². The van der Waals surface area contributed by atoms with E-state index < -0.39 is 0 Å². The molecule has 6 heteroatoms. The summed E-state index contributed by atoms with van der Waals surface area (Å²) < 4.78 is 0. The molecule has 1 fully saturated rings. The number of carbonyl (C=O) groups excluding carboxylic acids is 2. The highest BCUT2D eigenvalue weighted by atomic mass is 32.1. The number of nitrogens with zero attached hydrogens (tertiary/aromatic N) is 2. The number of likely N-dealkylation sites (tertiary alicyclic amines) is 1. The summed E-state index contributed by atoms with van der Waals surface area (Å²) in [6.45, 7) is 5.62. The topological polar surface area (TPSA) is 62.3 Å². The molecule has 3 aromatic carbocycles. The molecule has 0 bridgehead atoms. The number of amides is 2. The normalized spacial score (nSPS) is 14.7. The van der Waals surface area contributed by atoms with Crippen molar-refractivity contribution in [2.45, 2.75) is 45.4 Å². The lowest BCUT2D eigenvalue weighted by molar-refractivity contribution is -0.136. The number of hydrogen-bond acceptors (Lipinski definition) is 4. The van der Waals surface area contributed by atoms with Gasteiger partial charge in [0, 0.05) is 41.6 Å². The average Bonchev–Trinajstić information content (AvgIpc) is 3.48. The van der Waals surface area contributed by atoms with Gasteiger partial charge in [-0.25, -0.2) is 4.98 Å². The van der Waals surface area contributed by atoms with Crippen LogP contribution >= 0.6 is 11.3 Å². The third kappa shape index (κ3) is 6.45. The van der Waals surface area contributed by atoms with Gasteiger partial charge in [0.05, 0.1) is 5.01 Å². The largest absolute Gasteiger partial charge is 0.342 e. The van der Waals surface area contributed by atoms with E-state index in [1.165, 1.54) is 11.1 Å². The van der Waals surface area contributed by atoms with Gasteiger partial charge in [-0.05, 0) is 48.4 Å². The van der Waals surface area contributed by atoms with E-state index in [1.807, 2.05) is 59.7 Å². The highest BCUT2D eigenvalue weighted by molar-refractivity contribution is 7.10. The van der Waals surface area contributed by atoms with Crippen molar-refractivity contribution in [1.82, 2.24) is 9.88 Å². The fraction of sp³-hybridized carbons (Fsp3) is 0.303. The second kappa shape index (κ2) is 12.4. The summed E-state index contributed by atoms with van der Waals surface area (Å²) in [7, 11) is 0. The summed E-state index contributed by atoms with van der Waals surface area (Å²) >= 11 is 1.54. The molecule has 5 rings (SSSR count). The molecule has 2 heterocycles. The predicted molar refractivity (Wildman–Crippen MR) is 159 cm³/mol. The van der Waals surface area contributed by atoms with Gasteiger partial charge < -0.3 is 10.2 Å². The lowest BCUT2D eigenvalue weighted by Crippen LogP contribution is -2.41. The molecule has 0 spiro atoms. The first kappa shape index (κ1) is 26.8. The van der Waals surface area contributed by atoms with Gasteiger partial charge >= 0.3 is 0 Å². The van der Waals surface area contributed by atoms with Gasteiger partial charge in [0.2, 0.25) is 5.91 Å². The molecule has 5 nitrogen and oxygen atoms in total. The maximum absolute atomic E-state index is 13.1. The van der Waals surface area contributed by atoms with Crippen molar-refractivity contribution in [2.24, 2.45) is 5.92 Å². The maximum Gasteiger partial charge on any atom is 0.275 e. The lowest BCUT2D eigenvalue weighted by Gasteiger charge is -2.33. The fourth-order valence-electron chi connectivity index (χ4n) is 5.24. The number of piperidine rings is 1. The van der Waals surface area contributed by atoms with Gasteiger partial charge in [-0.2, -0.15) is 0 Å². The van der Waals surface area contributed by atoms with Crippen LogP contribution in [0.25, 0.3) is 11.1 Å². The van der Waals surface area contributed by atoms with Crippen LogP contribution in [0, 0.1) is 5.92 Å². The molecule has 1 unspecified atom stereocenters. The molecule has 1 N–H and O–H groups in total. The third-order valence-corrected chi connectivity index (χ3v) is 8.57. The Morgan fingerprint density at radius 2 is 1.64 bits per heavy atom. The van der Waals surface area contributed by atoms with Crippen LogP contribution in [0.4, 0.5) is 5.69 Å². The Balaban J connectivity index is 1.18. The Morgan fingerprint density at radius 1 is 0.949 bits per heavy atom. The van der Waals surface area contributed by atoms with Crippen LogP contribution in [0.2, 0.25) is 0 Å². The Hall–Kier alpha value is -3.77. The Morgan fingerprint density at radius 3 is 2.36 bits per heavy atom. The van der Waals surface area contributed by atoms with Crippen LogP contribution in [0.5, 0.6) is 0 Å². The molecule has 0 aliphatic carbocycles. The number of rotatable bonds is 8. The van der Waals surface area contributed by atoms with Crippen molar-refractivity contribution in [3.05, 3.63) is 106 Å². The monoisotopic (exact) mass is 537 g/mol. The van der Waals surface area contributed by atoms with E-state index in [2.05, 4.69) is 48.6 Å². The van der Waals surface area contributed by atoms with Crippen molar-refractivity contribution in [3.8, 4) is 11.1 Å². The number of thiazole rings is 1. The number of anilines is 1. The zero-order valence-corrected chi connectivity index (χ0v) is 23.4. The quantitative estimate of drug-likeness (QED) is 0.258. The van der Waals surface area contributed by atoms with E-state index in [9.17, 15) is 9.59 Å². The van der Waals surface area contributed by atoms with E-state index in [4.69, 9.17) is 4.98 Å². The van der Waals surface area contributed by atoms with Gasteiger partial charge in [-0.1, -0.05) is 86.6 Å². The number of nitrogens with one attached hydrogen (secondary N) is 1. The van der Waals surface area contributed by atoms with Crippen molar-refractivity contribution in [2.75, 3.05) is 18.4 Å². The standard InChI is InChI=1S/C33H35N3O2S/c1-3-24-13-15-26(16-14-24)28-11-7-8-12-29(28)34-31(37)30-22-39-32(35-30)27-17-19-36(20-18-27)33(38)23(2)21-25-9-5-4-6-10-25/h4-16,22-23,27H,3,17-21H2,1-2H3,(H,34,37). The van der Waals surface area contributed by atoms with Crippen LogP contribution in [0.1, 0.15) is 59.2 Å². The number of para-hydroxylation sites is 1. The molecule has 1 saturated heterocycles. The number of carbonyl (C=O) groups is 2. The zero-order valence-electron chi connectivity index (χ0n) is 22.6. The van der Waals surface area contributed by atoms with E-state index in [1.54, 1.807) is 11.3 Å². The number of hydrogen-bond donors (Lipinski definition) is 1. The first-order chi connectivity index (χ1) is 19.0. The summed E-state index contributed by atoms with van der Waals surface area (Å²) in [4.78, 5) is 32.9. The molecular formula is C33H35N3O2S. The molecule has 0 radical (unpaired) electrons. The number of aryl methyl sites for hydroxylation is 1. The zero-order chi connectivity index (χ0) is 27.2. The average molecular weight is 538 g/mol. The molecule has 0 saturated carbocycles. The molecule has 200 valence electrons. The Kier molecular flexibility index (Phi) is 8.52. The highest BCUT2D eigenvalue weighted by Crippen LogP contribution is 2.32. The highest BCUT2D eigenvalue weighted by Gasteiger charge is 2.28. The van der Waals surface area contributed by atoms with Gasteiger partial charge in [0.25, 0.3) is 5.91 Å². The fourth-order valence-corrected chi connectivity index (χ4v) is 6.21. The van der Waals surface area contributed by atoms with Gasteiger partial charge in [-0.3, -0.25) is 9.59 Å². The van der Waals surface area contributed by atoms with Crippen LogP contribution in [0.3, 0.4) is 0 Å². The molecule has 1 aliphatic rings. The van der Waals surface area contributed by atoms with Crippen molar-refractivity contribution < 1.29 is 9.59 Å². The molecule has 1 aromatic heterocycles. The molecule has 1 aliphatic heterocycles. The molecular weight excluding hydrogens is 502 g/mol. The van der Waals surface area contributed by atoms with Gasteiger partial charge in [0.15, 0.2) is 0 Å². The Labute approximate surface area is 234 Å². The minimum atomic E-state index is -0.197. The summed E-state index contributed by atoms with van der Waals surface area (Å²) in [5.41, 5.74) is 5.76. The first-order valence-electron chi connectivity index (χ1n) is 13.8. The number of aromatic nitrogens is 1. The van der Waals surface area contributed by atoms with Crippen molar-refractivity contribution in [3.63, 3.8) is 0 Å². The summed E-state index contributed by atoms with van der Waals surface area (Å²) in [5.74, 6) is 0.262. The maximum atomic E-state index is 13.1. The number of benzene rings is 3. The van der Waals surface area contributed by atoms with Crippen LogP contribution in [-0.2, 0) is 17.6 Å². The van der Waals surface area contributed by atoms with Crippen molar-refractivity contribution in [1.29, 1.82) is 0 Å².